The van der Waals surface area contributed by atoms with E-state index in [0.29, 0.717) is 31.8 Å². The SMILES string of the molecule is COc1ccccc1[C@H]1CN(C(=O)C2(Cc3ccc(F)cc3)CCN(C)CC2)CCN1C(C)=O. The maximum absolute atomic E-state index is 14.2. The molecule has 34 heavy (non-hydrogen) atoms. The number of methoxy groups -OCH3 is 1. The van der Waals surface area contributed by atoms with Gasteiger partial charge in [-0.25, -0.2) is 4.39 Å². The summed E-state index contributed by atoms with van der Waals surface area (Å²) in [7, 11) is 3.70. The standard InChI is InChI=1S/C27H34FN3O3/c1-20(32)31-17-16-30(19-24(31)23-6-4-5-7-25(23)34-3)26(33)27(12-14-29(2)15-13-27)18-21-8-10-22(28)11-9-21/h4-11,24H,12-19H2,1-3H3/t24-/m1/s1. The molecule has 0 bridgehead atoms. The van der Waals surface area contributed by atoms with E-state index in [9.17, 15) is 14.0 Å². The summed E-state index contributed by atoms with van der Waals surface area (Å²) in [4.78, 5) is 32.7. The predicted molar refractivity (Wildman–Crippen MR) is 129 cm³/mol. The number of piperazine rings is 1. The molecule has 2 amide bonds. The summed E-state index contributed by atoms with van der Waals surface area (Å²) in [6, 6.07) is 13.9. The second kappa shape index (κ2) is 10.1. The van der Waals surface area contributed by atoms with Crippen LogP contribution >= 0.6 is 0 Å². The number of piperidine rings is 1. The van der Waals surface area contributed by atoms with Crippen LogP contribution in [0.3, 0.4) is 0 Å². The summed E-state index contributed by atoms with van der Waals surface area (Å²) < 4.78 is 19.1. The summed E-state index contributed by atoms with van der Waals surface area (Å²) in [5.41, 5.74) is 1.35. The Morgan fingerprint density at radius 1 is 1.03 bits per heavy atom. The Hall–Kier alpha value is -2.93. The molecule has 0 saturated carbocycles. The molecule has 0 aliphatic carbocycles. The molecular formula is C27H34FN3O3. The van der Waals surface area contributed by atoms with Crippen LogP contribution in [0.4, 0.5) is 4.39 Å². The van der Waals surface area contributed by atoms with E-state index in [-0.39, 0.29) is 23.7 Å². The highest BCUT2D eigenvalue weighted by Crippen LogP contribution is 2.39. The largest absolute Gasteiger partial charge is 0.496 e. The maximum atomic E-state index is 14.2. The molecule has 2 aromatic rings. The second-order valence-corrected chi connectivity index (χ2v) is 9.61. The van der Waals surface area contributed by atoms with Crippen molar-refractivity contribution >= 4 is 11.8 Å². The first-order valence-corrected chi connectivity index (χ1v) is 12.0. The number of carbonyl (C=O) groups excluding carboxylic acids is 2. The maximum Gasteiger partial charge on any atom is 0.229 e. The number of ether oxygens (including phenoxy) is 1. The smallest absolute Gasteiger partial charge is 0.229 e. The fraction of sp³-hybridized carbons (Fsp3) is 0.481. The van der Waals surface area contributed by atoms with Gasteiger partial charge in [0, 0.05) is 32.1 Å². The highest BCUT2D eigenvalue weighted by Gasteiger charge is 2.45. The molecule has 0 aromatic heterocycles. The zero-order chi connectivity index (χ0) is 24.3. The van der Waals surface area contributed by atoms with Crippen LogP contribution in [-0.2, 0) is 16.0 Å². The van der Waals surface area contributed by atoms with Crippen molar-refractivity contribution in [3.63, 3.8) is 0 Å². The van der Waals surface area contributed by atoms with Crippen molar-refractivity contribution in [2.45, 2.75) is 32.2 Å². The minimum atomic E-state index is -0.534. The van der Waals surface area contributed by atoms with Crippen molar-refractivity contribution in [2.24, 2.45) is 5.41 Å². The molecule has 4 rings (SSSR count). The van der Waals surface area contributed by atoms with Crippen molar-refractivity contribution in [3.05, 3.63) is 65.5 Å². The Morgan fingerprint density at radius 3 is 2.35 bits per heavy atom. The zero-order valence-electron chi connectivity index (χ0n) is 20.3. The summed E-state index contributed by atoms with van der Waals surface area (Å²) in [6.45, 7) is 4.68. The fourth-order valence-corrected chi connectivity index (χ4v) is 5.39. The van der Waals surface area contributed by atoms with Crippen molar-refractivity contribution < 1.29 is 18.7 Å². The lowest BCUT2D eigenvalue weighted by molar-refractivity contribution is -0.151. The van der Waals surface area contributed by atoms with Gasteiger partial charge in [-0.05, 0) is 63.2 Å². The Bertz CT molecular complexity index is 1020. The third-order valence-electron chi connectivity index (χ3n) is 7.42. The van der Waals surface area contributed by atoms with Crippen LogP contribution in [0.2, 0.25) is 0 Å². The van der Waals surface area contributed by atoms with E-state index >= 15 is 0 Å². The molecule has 2 heterocycles. The normalized spacial score (nSPS) is 20.8. The first kappa shape index (κ1) is 24.2. The minimum Gasteiger partial charge on any atom is -0.496 e. The molecular weight excluding hydrogens is 433 g/mol. The average molecular weight is 468 g/mol. The minimum absolute atomic E-state index is 0.0108. The van der Waals surface area contributed by atoms with Gasteiger partial charge < -0.3 is 19.4 Å². The molecule has 2 saturated heterocycles. The molecule has 7 heteroatoms. The number of para-hydroxylation sites is 1. The molecule has 2 aliphatic heterocycles. The van der Waals surface area contributed by atoms with Gasteiger partial charge in [0.1, 0.15) is 11.6 Å². The number of hydrogen-bond donors (Lipinski definition) is 0. The van der Waals surface area contributed by atoms with E-state index in [1.807, 2.05) is 34.1 Å². The molecule has 182 valence electrons. The lowest BCUT2D eigenvalue weighted by atomic mass is 9.72. The summed E-state index contributed by atoms with van der Waals surface area (Å²) >= 11 is 0. The first-order chi connectivity index (χ1) is 16.3. The molecule has 0 radical (unpaired) electrons. The van der Waals surface area contributed by atoms with Crippen molar-refractivity contribution in [1.82, 2.24) is 14.7 Å². The van der Waals surface area contributed by atoms with Crippen LogP contribution in [0.1, 0.15) is 36.9 Å². The topological polar surface area (TPSA) is 53.1 Å². The van der Waals surface area contributed by atoms with Gasteiger partial charge >= 0.3 is 0 Å². The number of carbonyl (C=O) groups is 2. The lowest BCUT2D eigenvalue weighted by Gasteiger charge is -2.47. The van der Waals surface area contributed by atoms with Crippen LogP contribution < -0.4 is 4.74 Å². The van der Waals surface area contributed by atoms with Crippen molar-refractivity contribution in [1.29, 1.82) is 0 Å². The zero-order valence-corrected chi connectivity index (χ0v) is 20.3. The number of benzene rings is 2. The van der Waals surface area contributed by atoms with Gasteiger partial charge in [-0.1, -0.05) is 30.3 Å². The van der Waals surface area contributed by atoms with Gasteiger partial charge in [0.05, 0.1) is 18.6 Å². The molecule has 6 nitrogen and oxygen atoms in total. The molecule has 0 unspecified atom stereocenters. The summed E-state index contributed by atoms with van der Waals surface area (Å²) in [6.07, 6.45) is 2.10. The van der Waals surface area contributed by atoms with Gasteiger partial charge in [0.2, 0.25) is 11.8 Å². The molecule has 0 N–H and O–H groups in total. The van der Waals surface area contributed by atoms with Crippen molar-refractivity contribution in [3.8, 4) is 5.75 Å². The molecule has 2 aromatic carbocycles. The number of hydrogen-bond acceptors (Lipinski definition) is 4. The Labute approximate surface area is 201 Å². The molecule has 2 aliphatic rings. The van der Waals surface area contributed by atoms with Gasteiger partial charge in [0.25, 0.3) is 0 Å². The van der Waals surface area contributed by atoms with Crippen LogP contribution in [0, 0.1) is 11.2 Å². The van der Waals surface area contributed by atoms with Crippen LogP contribution in [0.15, 0.2) is 48.5 Å². The monoisotopic (exact) mass is 467 g/mol. The van der Waals surface area contributed by atoms with Gasteiger partial charge in [-0.2, -0.15) is 0 Å². The van der Waals surface area contributed by atoms with Crippen LogP contribution in [-0.4, -0.2) is 73.4 Å². The highest BCUT2D eigenvalue weighted by molar-refractivity contribution is 5.84. The average Bonchev–Trinajstić information content (AvgIpc) is 2.86. The van der Waals surface area contributed by atoms with Crippen LogP contribution in [0.5, 0.6) is 5.75 Å². The van der Waals surface area contributed by atoms with E-state index in [1.165, 1.54) is 12.1 Å². The van der Waals surface area contributed by atoms with E-state index in [0.717, 1.165) is 37.1 Å². The number of rotatable bonds is 5. The van der Waals surface area contributed by atoms with Crippen LogP contribution in [0.25, 0.3) is 0 Å². The second-order valence-electron chi connectivity index (χ2n) is 9.61. The summed E-state index contributed by atoms with van der Waals surface area (Å²) in [5.74, 6) is 0.567. The Balaban J connectivity index is 1.63. The van der Waals surface area contributed by atoms with E-state index in [2.05, 4.69) is 11.9 Å². The third-order valence-corrected chi connectivity index (χ3v) is 7.42. The number of nitrogens with zero attached hydrogens (tertiary/aromatic N) is 3. The third kappa shape index (κ3) is 4.94. The summed E-state index contributed by atoms with van der Waals surface area (Å²) in [5, 5.41) is 0. The Morgan fingerprint density at radius 2 is 1.71 bits per heavy atom. The van der Waals surface area contributed by atoms with E-state index < -0.39 is 5.41 Å². The van der Waals surface area contributed by atoms with E-state index in [4.69, 9.17) is 4.74 Å². The molecule has 0 spiro atoms. The van der Waals surface area contributed by atoms with Gasteiger partial charge in [0.15, 0.2) is 0 Å². The van der Waals surface area contributed by atoms with Gasteiger partial charge in [-0.3, -0.25) is 9.59 Å². The van der Waals surface area contributed by atoms with Gasteiger partial charge in [-0.15, -0.1) is 0 Å². The highest BCUT2D eigenvalue weighted by atomic mass is 19.1. The predicted octanol–water partition coefficient (Wildman–Crippen LogP) is 3.52. The number of halogens is 1. The lowest BCUT2D eigenvalue weighted by Crippen LogP contribution is -2.57. The van der Waals surface area contributed by atoms with E-state index in [1.54, 1.807) is 26.2 Å². The number of likely N-dealkylation sites (tertiary alicyclic amines) is 1. The first-order valence-electron chi connectivity index (χ1n) is 12.0. The Kier molecular flexibility index (Phi) is 7.22. The number of amides is 2. The molecule has 1 atom stereocenters. The fourth-order valence-electron chi connectivity index (χ4n) is 5.39. The quantitative estimate of drug-likeness (QED) is 0.675. The molecule has 2 fully saturated rings. The van der Waals surface area contributed by atoms with Crippen molar-refractivity contribution in [2.75, 3.05) is 46.9 Å².